The van der Waals surface area contributed by atoms with E-state index in [2.05, 4.69) is 24.0 Å². The fraction of sp³-hybridized carbons (Fsp3) is 0.407. The number of hydrogen-bond donors (Lipinski definition) is 1. The molecule has 2 fully saturated rings. The number of ether oxygens (including phenoxy) is 2. The molecular formula is C27H32N2O4. The molecule has 0 aliphatic carbocycles. The van der Waals surface area contributed by atoms with Gasteiger partial charge in [-0.15, -0.1) is 6.58 Å². The van der Waals surface area contributed by atoms with Crippen LogP contribution in [0.5, 0.6) is 0 Å². The highest BCUT2D eigenvalue weighted by molar-refractivity contribution is 5.95. The highest BCUT2D eigenvalue weighted by Crippen LogP contribution is 2.38. The van der Waals surface area contributed by atoms with Gasteiger partial charge in [-0.2, -0.15) is 0 Å². The number of hydrogen-bond acceptors (Lipinski definition) is 4. The van der Waals surface area contributed by atoms with E-state index in [1.54, 1.807) is 6.08 Å². The van der Waals surface area contributed by atoms with Gasteiger partial charge in [0.05, 0.1) is 18.6 Å². The first-order valence-electron chi connectivity index (χ1n) is 11.7. The molecule has 4 rings (SSSR count). The molecule has 2 aliphatic heterocycles. The topological polar surface area (TPSA) is 67.9 Å². The lowest BCUT2D eigenvalue weighted by Crippen LogP contribution is -2.46. The van der Waals surface area contributed by atoms with Gasteiger partial charge in [0.1, 0.15) is 0 Å². The first-order chi connectivity index (χ1) is 16.1. The van der Waals surface area contributed by atoms with Crippen molar-refractivity contribution >= 4 is 11.8 Å². The molecule has 33 heavy (non-hydrogen) atoms. The van der Waals surface area contributed by atoms with Crippen LogP contribution in [-0.4, -0.2) is 62.8 Å². The molecule has 0 aromatic heterocycles. The highest BCUT2D eigenvalue weighted by atomic mass is 16.5. The average molecular weight is 449 g/mol. The quantitative estimate of drug-likeness (QED) is 0.659. The van der Waals surface area contributed by atoms with Crippen molar-refractivity contribution < 1.29 is 19.1 Å². The highest BCUT2D eigenvalue weighted by Gasteiger charge is 2.40. The summed E-state index contributed by atoms with van der Waals surface area (Å²) in [5.74, 6) is 0.0825. The Bertz CT molecular complexity index is 991. The van der Waals surface area contributed by atoms with E-state index in [0.717, 1.165) is 16.7 Å². The van der Waals surface area contributed by atoms with E-state index in [1.165, 1.54) is 0 Å². The van der Waals surface area contributed by atoms with E-state index in [4.69, 9.17) is 9.47 Å². The second kappa shape index (κ2) is 10.8. The summed E-state index contributed by atoms with van der Waals surface area (Å²) in [5, 5.41) is 3.01. The van der Waals surface area contributed by atoms with E-state index in [0.29, 0.717) is 70.9 Å². The summed E-state index contributed by atoms with van der Waals surface area (Å²) in [7, 11) is 0. The van der Waals surface area contributed by atoms with Gasteiger partial charge in [0, 0.05) is 38.4 Å². The Morgan fingerprint density at radius 2 is 1.73 bits per heavy atom. The van der Waals surface area contributed by atoms with Crippen molar-refractivity contribution in [2.75, 3.05) is 46.1 Å². The van der Waals surface area contributed by atoms with Crippen molar-refractivity contribution in [3.05, 3.63) is 72.3 Å². The van der Waals surface area contributed by atoms with E-state index in [1.807, 2.05) is 41.3 Å². The average Bonchev–Trinajstić information content (AvgIpc) is 2.88. The molecule has 6 heteroatoms. The number of carbonyl (C=O) groups is 2. The molecule has 2 aliphatic rings. The van der Waals surface area contributed by atoms with Gasteiger partial charge >= 0.3 is 0 Å². The molecule has 0 spiro atoms. The maximum atomic E-state index is 13.2. The van der Waals surface area contributed by atoms with Crippen molar-refractivity contribution in [2.24, 2.45) is 5.41 Å². The van der Waals surface area contributed by atoms with E-state index >= 15 is 0 Å². The van der Waals surface area contributed by atoms with E-state index < -0.39 is 5.41 Å². The summed E-state index contributed by atoms with van der Waals surface area (Å²) >= 11 is 0. The first kappa shape index (κ1) is 23.2. The van der Waals surface area contributed by atoms with Gasteiger partial charge in [0.25, 0.3) is 5.91 Å². The number of carbonyl (C=O) groups excluding carboxylic acids is 2. The maximum absolute atomic E-state index is 13.2. The zero-order valence-corrected chi connectivity index (χ0v) is 19.1. The fourth-order valence-electron chi connectivity index (χ4n) is 4.69. The lowest BCUT2D eigenvalue weighted by Gasteiger charge is -2.36. The van der Waals surface area contributed by atoms with Crippen LogP contribution in [0.1, 0.15) is 28.8 Å². The minimum atomic E-state index is -0.515. The van der Waals surface area contributed by atoms with Crippen LogP contribution in [0.25, 0.3) is 11.1 Å². The van der Waals surface area contributed by atoms with Crippen LogP contribution in [0.3, 0.4) is 0 Å². The largest absolute Gasteiger partial charge is 0.381 e. The maximum Gasteiger partial charge on any atom is 0.254 e. The number of nitrogens with one attached hydrogen (secondary N) is 1. The molecule has 1 N–H and O–H groups in total. The van der Waals surface area contributed by atoms with Crippen LogP contribution in [-0.2, 0) is 20.7 Å². The normalized spacial score (nSPS) is 17.9. The van der Waals surface area contributed by atoms with Crippen LogP contribution in [0.15, 0.2) is 61.2 Å². The van der Waals surface area contributed by atoms with Gasteiger partial charge in [-0.25, -0.2) is 0 Å². The second-order valence-electron chi connectivity index (χ2n) is 8.71. The van der Waals surface area contributed by atoms with Crippen molar-refractivity contribution in [1.29, 1.82) is 0 Å². The van der Waals surface area contributed by atoms with E-state index in [-0.39, 0.29) is 11.8 Å². The molecule has 6 nitrogen and oxygen atoms in total. The molecule has 0 bridgehead atoms. The van der Waals surface area contributed by atoms with Gasteiger partial charge in [-0.05, 0) is 48.1 Å². The number of nitrogens with zero attached hydrogens (tertiary/aromatic N) is 1. The van der Waals surface area contributed by atoms with Crippen molar-refractivity contribution in [3.8, 4) is 11.1 Å². The predicted molar refractivity (Wildman–Crippen MR) is 128 cm³/mol. The molecular weight excluding hydrogens is 416 g/mol. The summed E-state index contributed by atoms with van der Waals surface area (Å²) in [6, 6.07) is 16.0. The van der Waals surface area contributed by atoms with Crippen molar-refractivity contribution in [3.63, 3.8) is 0 Å². The summed E-state index contributed by atoms with van der Waals surface area (Å²) in [6.07, 6.45) is 3.69. The smallest absolute Gasteiger partial charge is 0.254 e. The number of amides is 2. The SMILES string of the molecule is C=CCNC(=O)C1(Cc2ccccc2-c2cccc(C(=O)N3CCOCC3)c2)CCOCC1. The number of morpholine rings is 1. The molecule has 2 amide bonds. The molecule has 2 heterocycles. The Morgan fingerprint density at radius 3 is 2.48 bits per heavy atom. The van der Waals surface area contributed by atoms with Crippen LogP contribution in [0.4, 0.5) is 0 Å². The molecule has 2 saturated heterocycles. The molecule has 0 atom stereocenters. The predicted octanol–water partition coefficient (Wildman–Crippen LogP) is 3.47. The molecule has 0 unspecified atom stereocenters. The Kier molecular flexibility index (Phi) is 7.57. The third kappa shape index (κ3) is 5.34. The van der Waals surface area contributed by atoms with Gasteiger partial charge in [0.2, 0.25) is 5.91 Å². The van der Waals surface area contributed by atoms with Gasteiger partial charge in [-0.1, -0.05) is 42.5 Å². The second-order valence-corrected chi connectivity index (χ2v) is 8.71. The Hall–Kier alpha value is -2.96. The zero-order valence-electron chi connectivity index (χ0n) is 19.1. The van der Waals surface area contributed by atoms with Gasteiger partial charge < -0.3 is 19.7 Å². The lowest BCUT2D eigenvalue weighted by atomic mass is 9.73. The lowest BCUT2D eigenvalue weighted by molar-refractivity contribution is -0.136. The van der Waals surface area contributed by atoms with Gasteiger partial charge in [0.15, 0.2) is 0 Å². The Morgan fingerprint density at radius 1 is 1.00 bits per heavy atom. The molecule has 2 aromatic rings. The number of benzene rings is 2. The standard InChI is InChI=1S/C27H32N2O4/c1-2-12-28-26(31)27(10-15-32-16-11-27)20-23-6-3-4-9-24(23)21-7-5-8-22(19-21)25(30)29-13-17-33-18-14-29/h2-9,19H,1,10-18,20H2,(H,28,31). The summed E-state index contributed by atoms with van der Waals surface area (Å²) < 4.78 is 11.0. The van der Waals surface area contributed by atoms with Crippen LogP contribution in [0, 0.1) is 5.41 Å². The minimum absolute atomic E-state index is 0.0299. The Labute approximate surface area is 195 Å². The number of rotatable bonds is 7. The van der Waals surface area contributed by atoms with Crippen LogP contribution >= 0.6 is 0 Å². The van der Waals surface area contributed by atoms with Crippen molar-refractivity contribution in [2.45, 2.75) is 19.3 Å². The van der Waals surface area contributed by atoms with Crippen molar-refractivity contribution in [1.82, 2.24) is 10.2 Å². The van der Waals surface area contributed by atoms with E-state index in [9.17, 15) is 9.59 Å². The van der Waals surface area contributed by atoms with Crippen LogP contribution < -0.4 is 5.32 Å². The third-order valence-electron chi connectivity index (χ3n) is 6.60. The Balaban J connectivity index is 1.62. The third-order valence-corrected chi connectivity index (χ3v) is 6.60. The zero-order chi connectivity index (χ0) is 23.1. The summed E-state index contributed by atoms with van der Waals surface area (Å²) in [5.41, 5.74) is 3.30. The monoisotopic (exact) mass is 448 g/mol. The molecule has 0 saturated carbocycles. The molecule has 2 aromatic carbocycles. The van der Waals surface area contributed by atoms with Gasteiger partial charge in [-0.3, -0.25) is 9.59 Å². The minimum Gasteiger partial charge on any atom is -0.381 e. The van der Waals surface area contributed by atoms with Crippen LogP contribution in [0.2, 0.25) is 0 Å². The molecule has 0 radical (unpaired) electrons. The summed E-state index contributed by atoms with van der Waals surface area (Å²) in [6.45, 7) is 7.71. The fourth-order valence-corrected chi connectivity index (χ4v) is 4.69. The first-order valence-corrected chi connectivity index (χ1v) is 11.7. The molecule has 174 valence electrons. The summed E-state index contributed by atoms with van der Waals surface area (Å²) in [4.78, 5) is 28.0.